The summed E-state index contributed by atoms with van der Waals surface area (Å²) in [6, 6.07) is 0. The number of thiazole rings is 1. The van der Waals surface area contributed by atoms with Crippen molar-refractivity contribution in [3.63, 3.8) is 0 Å². The van der Waals surface area contributed by atoms with Crippen LogP contribution in [0.25, 0.3) is 0 Å². The number of nitrogens with one attached hydrogen (secondary N) is 1. The third-order valence-electron chi connectivity index (χ3n) is 2.90. The van der Waals surface area contributed by atoms with Crippen LogP contribution in [0, 0.1) is 6.92 Å². The molecule has 0 spiro atoms. The molecule has 3 N–H and O–H groups in total. The number of nitrogens with zero attached hydrogens (tertiary/aromatic N) is 3. The van der Waals surface area contributed by atoms with Crippen molar-refractivity contribution in [3.8, 4) is 0 Å². The fourth-order valence-corrected chi connectivity index (χ4v) is 2.81. The Kier molecular flexibility index (Phi) is 3.60. The van der Waals surface area contributed by atoms with E-state index >= 15 is 0 Å². The van der Waals surface area contributed by atoms with Gasteiger partial charge < -0.3 is 9.80 Å². The van der Waals surface area contributed by atoms with E-state index in [1.165, 1.54) is 11.3 Å². The maximum atomic E-state index is 11.5. The Balaban J connectivity index is 2.14. The highest BCUT2D eigenvalue weighted by molar-refractivity contribution is 7.17. The number of aromatic nitrogens is 1. The van der Waals surface area contributed by atoms with Gasteiger partial charge in [0.15, 0.2) is 5.13 Å². The topological polar surface area (TPSA) is 74.5 Å². The van der Waals surface area contributed by atoms with E-state index in [-0.39, 0.29) is 5.91 Å². The molecule has 7 heteroatoms. The molecule has 1 amide bonds. The molecule has 1 aromatic heterocycles. The SMILES string of the molecule is Cc1nc(N2CCN(C)CC2)sc1C(=O)NN. The minimum Gasteiger partial charge on any atom is -0.346 e. The molecule has 0 saturated carbocycles. The largest absolute Gasteiger partial charge is 0.346 e. The van der Waals surface area contributed by atoms with Gasteiger partial charge in [-0.15, -0.1) is 0 Å². The summed E-state index contributed by atoms with van der Waals surface area (Å²) >= 11 is 1.40. The van der Waals surface area contributed by atoms with Gasteiger partial charge in [-0.25, -0.2) is 10.8 Å². The molecular formula is C10H17N5OS. The molecule has 17 heavy (non-hydrogen) atoms. The standard InChI is InChI=1S/C10H17N5OS/c1-7-8(9(16)13-11)17-10(12-7)15-5-3-14(2)4-6-15/h3-6,11H2,1-2H3,(H,13,16). The third kappa shape index (κ3) is 2.56. The Bertz CT molecular complexity index is 411. The number of rotatable bonds is 2. The maximum Gasteiger partial charge on any atom is 0.277 e. The van der Waals surface area contributed by atoms with Crippen molar-refractivity contribution >= 4 is 22.4 Å². The maximum absolute atomic E-state index is 11.5. The fourth-order valence-electron chi connectivity index (χ4n) is 1.79. The first kappa shape index (κ1) is 12.3. The number of hydrazine groups is 1. The van der Waals surface area contributed by atoms with Crippen LogP contribution in [-0.2, 0) is 0 Å². The number of carbonyl (C=O) groups excluding carboxylic acids is 1. The number of hydrogen-bond acceptors (Lipinski definition) is 6. The number of hydrogen-bond donors (Lipinski definition) is 2. The van der Waals surface area contributed by atoms with Gasteiger partial charge in [-0.3, -0.25) is 10.2 Å². The van der Waals surface area contributed by atoms with E-state index in [2.05, 4.69) is 27.3 Å². The number of anilines is 1. The highest BCUT2D eigenvalue weighted by atomic mass is 32.1. The molecular weight excluding hydrogens is 238 g/mol. The smallest absolute Gasteiger partial charge is 0.277 e. The lowest BCUT2D eigenvalue weighted by molar-refractivity contribution is 0.0957. The van der Waals surface area contributed by atoms with E-state index in [4.69, 9.17) is 5.84 Å². The van der Waals surface area contributed by atoms with E-state index in [0.717, 1.165) is 37.0 Å². The number of nitrogens with two attached hydrogens (primary N) is 1. The summed E-state index contributed by atoms with van der Waals surface area (Å²) < 4.78 is 0. The molecule has 0 unspecified atom stereocenters. The number of piperazine rings is 1. The van der Waals surface area contributed by atoms with Crippen LogP contribution < -0.4 is 16.2 Å². The van der Waals surface area contributed by atoms with Crippen LogP contribution in [0.1, 0.15) is 15.4 Å². The van der Waals surface area contributed by atoms with E-state index in [1.807, 2.05) is 6.92 Å². The van der Waals surface area contributed by atoms with Gasteiger partial charge >= 0.3 is 0 Å². The van der Waals surface area contributed by atoms with Gasteiger partial charge in [-0.1, -0.05) is 11.3 Å². The van der Waals surface area contributed by atoms with Crippen LogP contribution in [0.5, 0.6) is 0 Å². The van der Waals surface area contributed by atoms with Gasteiger partial charge in [0.05, 0.1) is 5.69 Å². The minimum absolute atomic E-state index is 0.264. The summed E-state index contributed by atoms with van der Waals surface area (Å²) in [7, 11) is 2.11. The third-order valence-corrected chi connectivity index (χ3v) is 4.11. The van der Waals surface area contributed by atoms with E-state index in [0.29, 0.717) is 4.88 Å². The first-order valence-corrected chi connectivity index (χ1v) is 6.35. The zero-order valence-electron chi connectivity index (χ0n) is 10.1. The molecule has 1 aliphatic rings. The van der Waals surface area contributed by atoms with Gasteiger partial charge in [0.2, 0.25) is 0 Å². The predicted octanol–water partition coefficient (Wildman–Crippen LogP) is -0.193. The zero-order chi connectivity index (χ0) is 12.4. The molecule has 1 aliphatic heterocycles. The van der Waals surface area contributed by atoms with Crippen LogP contribution in [0.15, 0.2) is 0 Å². The summed E-state index contributed by atoms with van der Waals surface area (Å²) in [5.41, 5.74) is 2.89. The lowest BCUT2D eigenvalue weighted by Gasteiger charge is -2.32. The van der Waals surface area contributed by atoms with E-state index < -0.39 is 0 Å². The van der Waals surface area contributed by atoms with Gasteiger partial charge in [-0.05, 0) is 14.0 Å². The molecule has 0 aromatic carbocycles. The van der Waals surface area contributed by atoms with Crippen LogP contribution in [0.2, 0.25) is 0 Å². The number of aryl methyl sites for hydroxylation is 1. The van der Waals surface area contributed by atoms with Crippen molar-refractivity contribution in [2.24, 2.45) is 5.84 Å². The Morgan fingerprint density at radius 1 is 1.41 bits per heavy atom. The second-order valence-electron chi connectivity index (χ2n) is 4.17. The van der Waals surface area contributed by atoms with Gasteiger partial charge in [0.25, 0.3) is 5.91 Å². The first-order chi connectivity index (χ1) is 8.11. The Hall–Kier alpha value is -1.18. The fraction of sp³-hybridized carbons (Fsp3) is 0.600. The Labute approximate surface area is 104 Å². The molecule has 0 radical (unpaired) electrons. The highest BCUT2D eigenvalue weighted by Crippen LogP contribution is 2.26. The van der Waals surface area contributed by atoms with Crippen molar-refractivity contribution < 1.29 is 4.79 Å². The summed E-state index contributed by atoms with van der Waals surface area (Å²) in [4.78, 5) is 21.0. The molecule has 2 heterocycles. The molecule has 2 rings (SSSR count). The minimum atomic E-state index is -0.264. The van der Waals surface area contributed by atoms with Gasteiger partial charge in [0, 0.05) is 26.2 Å². The molecule has 1 saturated heterocycles. The molecule has 1 aromatic rings. The Morgan fingerprint density at radius 2 is 2.06 bits per heavy atom. The quantitative estimate of drug-likeness (QED) is 0.435. The molecule has 0 aliphatic carbocycles. The number of amides is 1. The summed E-state index contributed by atoms with van der Waals surface area (Å²) in [5.74, 6) is 4.87. The van der Waals surface area contributed by atoms with Crippen molar-refractivity contribution in [1.82, 2.24) is 15.3 Å². The van der Waals surface area contributed by atoms with Crippen LogP contribution in [-0.4, -0.2) is 49.0 Å². The monoisotopic (exact) mass is 255 g/mol. The summed E-state index contributed by atoms with van der Waals surface area (Å²) in [6.07, 6.45) is 0. The van der Waals surface area contributed by atoms with Crippen LogP contribution in [0.3, 0.4) is 0 Å². The molecule has 6 nitrogen and oxygen atoms in total. The zero-order valence-corrected chi connectivity index (χ0v) is 10.9. The normalized spacial score (nSPS) is 17.2. The lowest BCUT2D eigenvalue weighted by atomic mass is 10.3. The lowest BCUT2D eigenvalue weighted by Crippen LogP contribution is -2.44. The molecule has 1 fully saturated rings. The number of carbonyl (C=O) groups is 1. The van der Waals surface area contributed by atoms with Gasteiger partial charge in [-0.2, -0.15) is 0 Å². The first-order valence-electron chi connectivity index (χ1n) is 5.53. The van der Waals surface area contributed by atoms with Crippen molar-refractivity contribution in [2.45, 2.75) is 6.92 Å². The molecule has 0 atom stereocenters. The van der Waals surface area contributed by atoms with Crippen LogP contribution >= 0.6 is 11.3 Å². The Morgan fingerprint density at radius 3 is 2.65 bits per heavy atom. The second kappa shape index (κ2) is 4.99. The average molecular weight is 255 g/mol. The average Bonchev–Trinajstić information content (AvgIpc) is 2.71. The van der Waals surface area contributed by atoms with E-state index in [9.17, 15) is 4.79 Å². The summed E-state index contributed by atoms with van der Waals surface area (Å²) in [6.45, 7) is 5.79. The number of nitrogen functional groups attached to an aromatic ring is 1. The van der Waals surface area contributed by atoms with Crippen LogP contribution in [0.4, 0.5) is 5.13 Å². The number of likely N-dealkylation sites (N-methyl/N-ethyl adjacent to an activating group) is 1. The molecule has 0 bridgehead atoms. The van der Waals surface area contributed by atoms with Crippen molar-refractivity contribution in [2.75, 3.05) is 38.1 Å². The second-order valence-corrected chi connectivity index (χ2v) is 5.15. The van der Waals surface area contributed by atoms with Crippen molar-refractivity contribution in [1.29, 1.82) is 0 Å². The highest BCUT2D eigenvalue weighted by Gasteiger charge is 2.20. The predicted molar refractivity (Wildman–Crippen MR) is 68.2 cm³/mol. The van der Waals surface area contributed by atoms with Gasteiger partial charge in [0.1, 0.15) is 4.88 Å². The van der Waals surface area contributed by atoms with E-state index in [1.54, 1.807) is 0 Å². The van der Waals surface area contributed by atoms with Crippen molar-refractivity contribution in [3.05, 3.63) is 10.6 Å². The summed E-state index contributed by atoms with van der Waals surface area (Å²) in [5, 5.41) is 0.911. The molecule has 94 valence electrons.